The molecule has 0 radical (unpaired) electrons. The van der Waals surface area contributed by atoms with E-state index in [9.17, 15) is 4.79 Å². The first-order chi connectivity index (χ1) is 8.69. The molecule has 0 saturated carbocycles. The summed E-state index contributed by atoms with van der Waals surface area (Å²) in [4.78, 5) is 15.4. The number of nitrogens with one attached hydrogen (secondary N) is 2. The molecule has 6 nitrogen and oxygen atoms in total. The fourth-order valence-corrected chi connectivity index (χ4v) is 1.85. The molecule has 1 aliphatic rings. The number of aromatic nitrogens is 1. The third kappa shape index (κ3) is 3.03. The van der Waals surface area contributed by atoms with Crippen LogP contribution in [0.4, 0.5) is 11.5 Å². The molecule has 0 aromatic carbocycles. The van der Waals surface area contributed by atoms with Crippen molar-refractivity contribution in [2.75, 3.05) is 24.2 Å². The predicted molar refractivity (Wildman–Crippen MR) is 69.5 cm³/mol. The molecule has 2 rings (SSSR count). The third-order valence-corrected chi connectivity index (χ3v) is 2.79. The summed E-state index contributed by atoms with van der Waals surface area (Å²) in [5.41, 5.74) is 6.28. The highest BCUT2D eigenvalue weighted by atomic mass is 16.5. The lowest BCUT2D eigenvalue weighted by atomic mass is 10.1. The van der Waals surface area contributed by atoms with Gasteiger partial charge in [0.2, 0.25) is 11.8 Å². The number of hydrogen-bond donors (Lipinski definition) is 3. The fraction of sp³-hybridized carbons (Fsp3) is 0.500. The Morgan fingerprint density at radius 3 is 3.11 bits per heavy atom. The Morgan fingerprint density at radius 2 is 2.44 bits per heavy atom. The lowest BCUT2D eigenvalue weighted by molar-refractivity contribution is -0.122. The molecule has 18 heavy (non-hydrogen) atoms. The first-order valence-corrected chi connectivity index (χ1v) is 6.11. The number of anilines is 2. The van der Waals surface area contributed by atoms with Gasteiger partial charge in [-0.25, -0.2) is 0 Å². The zero-order valence-corrected chi connectivity index (χ0v) is 10.4. The van der Waals surface area contributed by atoms with E-state index < -0.39 is 0 Å². The van der Waals surface area contributed by atoms with Crippen LogP contribution >= 0.6 is 0 Å². The highest BCUT2D eigenvalue weighted by Gasteiger charge is 2.18. The van der Waals surface area contributed by atoms with Gasteiger partial charge in [-0.05, 0) is 25.5 Å². The zero-order chi connectivity index (χ0) is 13.0. The van der Waals surface area contributed by atoms with Gasteiger partial charge in [-0.2, -0.15) is 4.98 Å². The van der Waals surface area contributed by atoms with Crippen LogP contribution in [0.3, 0.4) is 0 Å². The van der Waals surface area contributed by atoms with Crippen molar-refractivity contribution in [3.63, 3.8) is 0 Å². The Bertz CT molecular complexity index is 426. The van der Waals surface area contributed by atoms with Crippen LogP contribution in [0.1, 0.15) is 19.8 Å². The first-order valence-electron chi connectivity index (χ1n) is 6.11. The van der Waals surface area contributed by atoms with Crippen molar-refractivity contribution in [3.8, 4) is 5.88 Å². The van der Waals surface area contributed by atoms with Crippen LogP contribution in [0, 0.1) is 0 Å². The molecule has 1 aromatic rings. The van der Waals surface area contributed by atoms with E-state index in [1.165, 1.54) is 0 Å². The quantitative estimate of drug-likeness (QED) is 0.734. The third-order valence-electron chi connectivity index (χ3n) is 2.79. The molecule has 1 fully saturated rings. The van der Waals surface area contributed by atoms with Crippen molar-refractivity contribution in [1.29, 1.82) is 0 Å². The second-order valence-corrected chi connectivity index (χ2v) is 4.21. The van der Waals surface area contributed by atoms with E-state index in [1.54, 1.807) is 6.07 Å². The minimum absolute atomic E-state index is 0.105. The molecule has 1 saturated heterocycles. The SMILES string of the molecule is CCOc1nc(NC2CCC(=O)NC2)ccc1N. The highest BCUT2D eigenvalue weighted by Crippen LogP contribution is 2.21. The highest BCUT2D eigenvalue weighted by molar-refractivity contribution is 5.77. The number of nitrogens with two attached hydrogens (primary N) is 1. The molecular formula is C12H18N4O2. The van der Waals surface area contributed by atoms with Crippen LogP contribution in [0.15, 0.2) is 12.1 Å². The number of ether oxygens (including phenoxy) is 1. The minimum atomic E-state index is 0.105. The van der Waals surface area contributed by atoms with Crippen molar-refractivity contribution < 1.29 is 9.53 Å². The molecule has 1 aliphatic heterocycles. The smallest absolute Gasteiger partial charge is 0.239 e. The van der Waals surface area contributed by atoms with Gasteiger partial charge in [-0.3, -0.25) is 4.79 Å². The van der Waals surface area contributed by atoms with Crippen LogP contribution in [0.25, 0.3) is 0 Å². The van der Waals surface area contributed by atoms with E-state index in [0.717, 1.165) is 6.42 Å². The monoisotopic (exact) mass is 250 g/mol. The summed E-state index contributed by atoms with van der Waals surface area (Å²) in [7, 11) is 0. The second-order valence-electron chi connectivity index (χ2n) is 4.21. The number of pyridine rings is 1. The van der Waals surface area contributed by atoms with E-state index in [1.807, 2.05) is 13.0 Å². The van der Waals surface area contributed by atoms with Gasteiger partial charge in [0.15, 0.2) is 0 Å². The van der Waals surface area contributed by atoms with E-state index in [2.05, 4.69) is 15.6 Å². The van der Waals surface area contributed by atoms with Gasteiger partial charge in [0.25, 0.3) is 0 Å². The molecule has 1 atom stereocenters. The van der Waals surface area contributed by atoms with Crippen LogP contribution < -0.4 is 21.1 Å². The number of piperidine rings is 1. The molecule has 1 unspecified atom stereocenters. The van der Waals surface area contributed by atoms with E-state index >= 15 is 0 Å². The molecular weight excluding hydrogens is 232 g/mol. The molecule has 2 heterocycles. The molecule has 0 spiro atoms. The van der Waals surface area contributed by atoms with E-state index in [0.29, 0.717) is 37.0 Å². The lowest BCUT2D eigenvalue weighted by Gasteiger charge is -2.24. The molecule has 1 amide bonds. The lowest BCUT2D eigenvalue weighted by Crippen LogP contribution is -2.42. The summed E-state index contributed by atoms with van der Waals surface area (Å²) in [6.07, 6.45) is 1.35. The summed E-state index contributed by atoms with van der Waals surface area (Å²) >= 11 is 0. The fourth-order valence-electron chi connectivity index (χ4n) is 1.85. The summed E-state index contributed by atoms with van der Waals surface area (Å²) in [6, 6.07) is 3.78. The summed E-state index contributed by atoms with van der Waals surface area (Å²) in [6.45, 7) is 3.03. The van der Waals surface area contributed by atoms with Crippen molar-refractivity contribution >= 4 is 17.4 Å². The Labute approximate surface area is 106 Å². The molecule has 4 N–H and O–H groups in total. The van der Waals surface area contributed by atoms with E-state index in [-0.39, 0.29) is 11.9 Å². The molecule has 6 heteroatoms. The number of nitrogens with zero attached hydrogens (tertiary/aromatic N) is 1. The Hall–Kier alpha value is -1.98. The van der Waals surface area contributed by atoms with Crippen molar-refractivity contribution in [2.24, 2.45) is 0 Å². The van der Waals surface area contributed by atoms with Gasteiger partial charge in [0.1, 0.15) is 5.82 Å². The number of carbonyl (C=O) groups excluding carboxylic acids is 1. The molecule has 1 aromatic heterocycles. The maximum absolute atomic E-state index is 11.1. The minimum Gasteiger partial charge on any atom is -0.476 e. The van der Waals surface area contributed by atoms with Gasteiger partial charge in [0.05, 0.1) is 12.3 Å². The number of hydrogen-bond acceptors (Lipinski definition) is 5. The standard InChI is InChI=1S/C12H18N4O2/c1-2-18-12-9(13)4-5-10(16-12)15-8-3-6-11(17)14-7-8/h4-5,8H,2-3,6-7,13H2,1H3,(H,14,17)(H,15,16). The van der Waals surface area contributed by atoms with Crippen LogP contribution in [0.2, 0.25) is 0 Å². The summed E-state index contributed by atoms with van der Waals surface area (Å²) < 4.78 is 5.34. The molecule has 0 aliphatic carbocycles. The van der Waals surface area contributed by atoms with Crippen molar-refractivity contribution in [1.82, 2.24) is 10.3 Å². The number of carbonyl (C=O) groups is 1. The molecule has 98 valence electrons. The van der Waals surface area contributed by atoms with Gasteiger partial charge < -0.3 is 21.1 Å². The normalized spacial score (nSPS) is 19.2. The van der Waals surface area contributed by atoms with Crippen molar-refractivity contribution in [3.05, 3.63) is 12.1 Å². The Kier molecular flexibility index (Phi) is 3.86. The number of rotatable bonds is 4. The summed E-state index contributed by atoms with van der Waals surface area (Å²) in [5, 5.41) is 6.08. The second kappa shape index (κ2) is 5.57. The zero-order valence-electron chi connectivity index (χ0n) is 10.4. The number of amides is 1. The number of nitrogen functional groups attached to an aromatic ring is 1. The maximum atomic E-state index is 11.1. The van der Waals surface area contributed by atoms with Gasteiger partial charge in [0, 0.05) is 19.0 Å². The summed E-state index contributed by atoms with van der Waals surface area (Å²) in [5.74, 6) is 1.27. The first kappa shape index (κ1) is 12.5. The average Bonchev–Trinajstić information content (AvgIpc) is 2.37. The van der Waals surface area contributed by atoms with Crippen LogP contribution in [-0.4, -0.2) is 30.1 Å². The van der Waals surface area contributed by atoms with E-state index in [4.69, 9.17) is 10.5 Å². The maximum Gasteiger partial charge on any atom is 0.239 e. The largest absolute Gasteiger partial charge is 0.476 e. The van der Waals surface area contributed by atoms with Crippen LogP contribution in [0.5, 0.6) is 5.88 Å². The van der Waals surface area contributed by atoms with Gasteiger partial charge >= 0.3 is 0 Å². The average molecular weight is 250 g/mol. The Morgan fingerprint density at radius 1 is 1.61 bits per heavy atom. The Balaban J connectivity index is 2.00. The topological polar surface area (TPSA) is 89.3 Å². The van der Waals surface area contributed by atoms with Crippen molar-refractivity contribution in [2.45, 2.75) is 25.8 Å². The van der Waals surface area contributed by atoms with Gasteiger partial charge in [-0.15, -0.1) is 0 Å². The predicted octanol–water partition coefficient (Wildman–Crippen LogP) is 0.753. The molecule has 0 bridgehead atoms. The van der Waals surface area contributed by atoms with Gasteiger partial charge in [-0.1, -0.05) is 0 Å². The van der Waals surface area contributed by atoms with Crippen LogP contribution in [-0.2, 0) is 4.79 Å².